The number of aromatic amines is 1. The second-order valence-corrected chi connectivity index (χ2v) is 6.78. The Bertz CT molecular complexity index is 764. The third kappa shape index (κ3) is 2.29. The predicted octanol–water partition coefficient (Wildman–Crippen LogP) is 2.84. The molecule has 1 aliphatic carbocycles. The molecule has 4 rings (SSSR count). The fraction of sp³-hybridized carbons (Fsp3) is 0.421. The summed E-state index contributed by atoms with van der Waals surface area (Å²) >= 11 is 0. The SMILES string of the molecule is CC(Cc1c[nH]c2ccccc12)N1C(=O)[C@H]2CC=CC[C@H]2[C@@H]1O. The van der Waals surface area contributed by atoms with Gasteiger partial charge in [-0.1, -0.05) is 30.4 Å². The number of carbonyl (C=O) groups is 1. The fourth-order valence-electron chi connectivity index (χ4n) is 4.17. The van der Waals surface area contributed by atoms with Gasteiger partial charge in [-0.05, 0) is 37.8 Å². The van der Waals surface area contributed by atoms with Crippen molar-refractivity contribution >= 4 is 16.8 Å². The van der Waals surface area contributed by atoms with Crippen LogP contribution in [0.25, 0.3) is 10.9 Å². The minimum Gasteiger partial charge on any atom is -0.373 e. The van der Waals surface area contributed by atoms with E-state index < -0.39 is 6.23 Å². The number of aliphatic hydroxyl groups is 1. The van der Waals surface area contributed by atoms with Crippen LogP contribution in [-0.2, 0) is 11.2 Å². The predicted molar refractivity (Wildman–Crippen MR) is 89.7 cm³/mol. The summed E-state index contributed by atoms with van der Waals surface area (Å²) < 4.78 is 0. The first-order valence-electron chi connectivity index (χ1n) is 8.37. The summed E-state index contributed by atoms with van der Waals surface area (Å²) in [6, 6.07) is 8.18. The van der Waals surface area contributed by atoms with E-state index in [1.165, 1.54) is 10.9 Å². The molecule has 0 saturated carbocycles. The van der Waals surface area contributed by atoms with Crippen molar-refractivity contribution in [1.29, 1.82) is 0 Å². The van der Waals surface area contributed by atoms with Gasteiger partial charge in [-0.3, -0.25) is 4.79 Å². The van der Waals surface area contributed by atoms with Gasteiger partial charge in [-0.2, -0.15) is 0 Å². The summed E-state index contributed by atoms with van der Waals surface area (Å²) in [6.45, 7) is 2.04. The van der Waals surface area contributed by atoms with Crippen molar-refractivity contribution in [3.8, 4) is 0 Å². The molecule has 4 nitrogen and oxygen atoms in total. The molecule has 1 fully saturated rings. The van der Waals surface area contributed by atoms with Gasteiger partial charge in [-0.15, -0.1) is 0 Å². The Labute approximate surface area is 135 Å². The van der Waals surface area contributed by atoms with Crippen molar-refractivity contribution in [1.82, 2.24) is 9.88 Å². The average Bonchev–Trinajstić information content (AvgIpc) is 3.08. The molecule has 2 aliphatic rings. The van der Waals surface area contributed by atoms with Gasteiger partial charge in [0.15, 0.2) is 0 Å². The van der Waals surface area contributed by atoms with Crippen LogP contribution in [0.2, 0.25) is 0 Å². The molecule has 2 heterocycles. The van der Waals surface area contributed by atoms with Gasteiger partial charge in [-0.25, -0.2) is 0 Å². The number of benzene rings is 1. The van der Waals surface area contributed by atoms with Crippen molar-refractivity contribution in [2.75, 3.05) is 0 Å². The molecule has 1 unspecified atom stereocenters. The van der Waals surface area contributed by atoms with Crippen LogP contribution in [-0.4, -0.2) is 33.2 Å². The Morgan fingerprint density at radius 3 is 2.91 bits per heavy atom. The first-order chi connectivity index (χ1) is 11.2. The Kier molecular flexibility index (Phi) is 3.49. The van der Waals surface area contributed by atoms with Gasteiger partial charge in [0.2, 0.25) is 5.91 Å². The molecule has 4 atom stereocenters. The van der Waals surface area contributed by atoms with E-state index in [4.69, 9.17) is 0 Å². The maximum atomic E-state index is 12.7. The first-order valence-corrected chi connectivity index (χ1v) is 8.37. The number of likely N-dealkylation sites (tertiary alicyclic amines) is 1. The van der Waals surface area contributed by atoms with Gasteiger partial charge in [0, 0.05) is 35.0 Å². The van der Waals surface area contributed by atoms with E-state index in [0.29, 0.717) is 0 Å². The molecule has 120 valence electrons. The molecule has 2 N–H and O–H groups in total. The molecular formula is C19H22N2O2. The van der Waals surface area contributed by atoms with E-state index in [-0.39, 0.29) is 23.8 Å². The zero-order valence-electron chi connectivity index (χ0n) is 13.3. The van der Waals surface area contributed by atoms with E-state index in [0.717, 1.165) is 24.8 Å². The van der Waals surface area contributed by atoms with Crippen molar-refractivity contribution < 1.29 is 9.90 Å². The lowest BCUT2D eigenvalue weighted by Gasteiger charge is -2.29. The van der Waals surface area contributed by atoms with Crippen molar-refractivity contribution in [2.45, 2.75) is 38.5 Å². The van der Waals surface area contributed by atoms with Gasteiger partial charge in [0.25, 0.3) is 0 Å². The highest BCUT2D eigenvalue weighted by Gasteiger charge is 2.48. The normalized spacial score (nSPS) is 28.3. The molecule has 1 aromatic carbocycles. The lowest BCUT2D eigenvalue weighted by Crippen LogP contribution is -2.43. The molecular weight excluding hydrogens is 288 g/mol. The minimum atomic E-state index is -0.655. The first kappa shape index (κ1) is 14.5. The van der Waals surface area contributed by atoms with Crippen molar-refractivity contribution in [3.05, 3.63) is 48.2 Å². The summed E-state index contributed by atoms with van der Waals surface area (Å²) in [6.07, 6.45) is 7.83. The van der Waals surface area contributed by atoms with Gasteiger partial charge in [0.1, 0.15) is 6.23 Å². The molecule has 4 heteroatoms. The van der Waals surface area contributed by atoms with Gasteiger partial charge >= 0.3 is 0 Å². The summed E-state index contributed by atoms with van der Waals surface area (Å²) in [5.41, 5.74) is 2.31. The fourth-order valence-corrected chi connectivity index (χ4v) is 4.17. The van der Waals surface area contributed by atoms with Crippen molar-refractivity contribution in [3.63, 3.8) is 0 Å². The molecule has 1 amide bonds. The second-order valence-electron chi connectivity index (χ2n) is 6.78. The average molecular weight is 310 g/mol. The summed E-state index contributed by atoms with van der Waals surface area (Å²) in [5, 5.41) is 11.8. The molecule has 23 heavy (non-hydrogen) atoms. The summed E-state index contributed by atoms with van der Waals surface area (Å²) in [5.74, 6) is 0.123. The van der Waals surface area contributed by atoms with Crippen LogP contribution in [0.15, 0.2) is 42.6 Å². The Hall–Kier alpha value is -2.07. The Morgan fingerprint density at radius 1 is 1.30 bits per heavy atom. The summed E-state index contributed by atoms with van der Waals surface area (Å²) in [7, 11) is 0. The number of amides is 1. The van der Waals surface area contributed by atoms with Crippen molar-refractivity contribution in [2.24, 2.45) is 11.8 Å². The van der Waals surface area contributed by atoms with E-state index >= 15 is 0 Å². The number of fused-ring (bicyclic) bond motifs is 2. The third-order valence-corrected chi connectivity index (χ3v) is 5.39. The van der Waals surface area contributed by atoms with E-state index in [2.05, 4.69) is 29.3 Å². The number of allylic oxidation sites excluding steroid dienone is 2. The van der Waals surface area contributed by atoms with Crippen LogP contribution in [0.1, 0.15) is 25.3 Å². The second kappa shape index (κ2) is 5.53. The number of hydrogen-bond donors (Lipinski definition) is 2. The quantitative estimate of drug-likeness (QED) is 0.857. The van der Waals surface area contributed by atoms with Gasteiger partial charge < -0.3 is 15.0 Å². The highest BCUT2D eigenvalue weighted by Crippen LogP contribution is 2.39. The Balaban J connectivity index is 1.57. The molecule has 0 bridgehead atoms. The number of nitrogens with one attached hydrogen (secondary N) is 1. The monoisotopic (exact) mass is 310 g/mol. The molecule has 1 aliphatic heterocycles. The Morgan fingerprint density at radius 2 is 2.09 bits per heavy atom. The minimum absolute atomic E-state index is 0.0118. The smallest absolute Gasteiger partial charge is 0.228 e. The highest BCUT2D eigenvalue weighted by atomic mass is 16.3. The number of H-pyrrole nitrogens is 1. The number of nitrogens with zero attached hydrogens (tertiary/aromatic N) is 1. The van der Waals surface area contributed by atoms with E-state index in [1.807, 2.05) is 25.3 Å². The summed E-state index contributed by atoms with van der Waals surface area (Å²) in [4.78, 5) is 17.7. The van der Waals surface area contributed by atoms with E-state index in [9.17, 15) is 9.90 Å². The maximum absolute atomic E-state index is 12.7. The lowest BCUT2D eigenvalue weighted by atomic mass is 9.85. The standard InChI is InChI=1S/C19H22N2O2/c1-12(10-13-11-20-17-9-5-4-6-14(13)17)21-18(22)15-7-2-3-8-16(15)19(21)23/h2-6,9,11-12,15-16,18,20,22H,7-8,10H2,1H3/t12?,15-,16+,18+/m1/s1. The zero-order chi connectivity index (χ0) is 16.0. The van der Waals surface area contributed by atoms with Crippen LogP contribution >= 0.6 is 0 Å². The van der Waals surface area contributed by atoms with Crippen LogP contribution in [0.5, 0.6) is 0 Å². The molecule has 1 saturated heterocycles. The number of carbonyl (C=O) groups excluding carboxylic acids is 1. The topological polar surface area (TPSA) is 56.3 Å². The van der Waals surface area contributed by atoms with Gasteiger partial charge in [0.05, 0.1) is 0 Å². The van der Waals surface area contributed by atoms with Crippen LogP contribution in [0.3, 0.4) is 0 Å². The zero-order valence-corrected chi connectivity index (χ0v) is 13.3. The molecule has 1 aromatic heterocycles. The number of aromatic nitrogens is 1. The lowest BCUT2D eigenvalue weighted by molar-refractivity contribution is -0.138. The van der Waals surface area contributed by atoms with Crippen LogP contribution in [0, 0.1) is 11.8 Å². The van der Waals surface area contributed by atoms with Crippen LogP contribution in [0.4, 0.5) is 0 Å². The van der Waals surface area contributed by atoms with Crippen LogP contribution < -0.4 is 0 Å². The molecule has 0 radical (unpaired) electrons. The third-order valence-electron chi connectivity index (χ3n) is 5.39. The number of rotatable bonds is 3. The maximum Gasteiger partial charge on any atom is 0.228 e. The van der Waals surface area contributed by atoms with E-state index in [1.54, 1.807) is 4.90 Å². The number of para-hydroxylation sites is 1. The largest absolute Gasteiger partial charge is 0.373 e. The number of aliphatic hydroxyl groups excluding tert-OH is 1. The highest BCUT2D eigenvalue weighted by molar-refractivity contribution is 5.84. The molecule has 2 aromatic rings. The number of hydrogen-bond acceptors (Lipinski definition) is 2. The molecule has 0 spiro atoms.